The number of Topliss-reactive ketones (excluding diaryl/α,β-unsaturated/α-hetero) is 1. The normalized spacial score (nSPS) is 10.1. The standard InChI is InChI=1S/C11H13ClOS/c1-2-11(13)8-14-7-9-3-5-10(12)6-4-9/h3-6H,2,7-8H2,1H3. The summed E-state index contributed by atoms with van der Waals surface area (Å²) in [5, 5.41) is 0.753. The highest BCUT2D eigenvalue weighted by Crippen LogP contribution is 2.15. The Hall–Kier alpha value is -0.470. The molecule has 0 aliphatic heterocycles. The highest BCUT2D eigenvalue weighted by molar-refractivity contribution is 7.99. The van der Waals surface area contributed by atoms with Gasteiger partial charge in [-0.05, 0) is 17.7 Å². The smallest absolute Gasteiger partial charge is 0.142 e. The van der Waals surface area contributed by atoms with E-state index in [4.69, 9.17) is 11.6 Å². The van der Waals surface area contributed by atoms with Crippen molar-refractivity contribution in [1.29, 1.82) is 0 Å². The van der Waals surface area contributed by atoms with Gasteiger partial charge in [0.1, 0.15) is 5.78 Å². The molecule has 76 valence electrons. The summed E-state index contributed by atoms with van der Waals surface area (Å²) in [5.74, 6) is 1.80. The van der Waals surface area contributed by atoms with Gasteiger partial charge in [-0.1, -0.05) is 30.7 Å². The van der Waals surface area contributed by atoms with Crippen LogP contribution < -0.4 is 0 Å². The first-order valence-corrected chi connectivity index (χ1v) is 6.09. The van der Waals surface area contributed by atoms with Crippen LogP contribution in [-0.4, -0.2) is 11.5 Å². The van der Waals surface area contributed by atoms with Crippen LogP contribution in [0, 0.1) is 0 Å². The number of halogens is 1. The molecule has 0 unspecified atom stereocenters. The highest BCUT2D eigenvalue weighted by Gasteiger charge is 1.99. The van der Waals surface area contributed by atoms with E-state index in [0.717, 1.165) is 10.8 Å². The minimum absolute atomic E-state index is 0.309. The molecule has 0 spiro atoms. The minimum atomic E-state index is 0.309. The van der Waals surface area contributed by atoms with Crippen LogP contribution in [0.25, 0.3) is 0 Å². The number of ketones is 1. The van der Waals surface area contributed by atoms with Crippen molar-refractivity contribution in [3.05, 3.63) is 34.9 Å². The van der Waals surface area contributed by atoms with E-state index in [9.17, 15) is 4.79 Å². The lowest BCUT2D eigenvalue weighted by atomic mass is 10.2. The van der Waals surface area contributed by atoms with Gasteiger partial charge >= 0.3 is 0 Å². The molecular formula is C11H13ClOS. The second-order valence-electron chi connectivity index (χ2n) is 3.01. The van der Waals surface area contributed by atoms with Crippen molar-refractivity contribution in [3.8, 4) is 0 Å². The molecule has 0 atom stereocenters. The van der Waals surface area contributed by atoms with E-state index in [1.54, 1.807) is 11.8 Å². The van der Waals surface area contributed by atoms with Crippen LogP contribution >= 0.6 is 23.4 Å². The molecule has 1 aromatic carbocycles. The Bertz CT molecular complexity index is 295. The number of hydrogen-bond donors (Lipinski definition) is 0. The van der Waals surface area contributed by atoms with Crippen molar-refractivity contribution >= 4 is 29.1 Å². The molecule has 14 heavy (non-hydrogen) atoms. The molecule has 0 aromatic heterocycles. The zero-order valence-electron chi connectivity index (χ0n) is 8.13. The fourth-order valence-corrected chi connectivity index (χ4v) is 2.05. The molecule has 0 heterocycles. The van der Waals surface area contributed by atoms with Crippen LogP contribution in [0.3, 0.4) is 0 Å². The van der Waals surface area contributed by atoms with Gasteiger partial charge in [0.2, 0.25) is 0 Å². The molecule has 0 bridgehead atoms. The Morgan fingerprint density at radius 2 is 2.00 bits per heavy atom. The lowest BCUT2D eigenvalue weighted by Gasteiger charge is -2.00. The van der Waals surface area contributed by atoms with Gasteiger partial charge in [-0.2, -0.15) is 0 Å². The van der Waals surface area contributed by atoms with E-state index < -0.39 is 0 Å². The van der Waals surface area contributed by atoms with Gasteiger partial charge in [-0.3, -0.25) is 4.79 Å². The van der Waals surface area contributed by atoms with Gasteiger partial charge in [0.25, 0.3) is 0 Å². The average molecular weight is 229 g/mol. The van der Waals surface area contributed by atoms with Crippen molar-refractivity contribution in [2.45, 2.75) is 19.1 Å². The Kier molecular flexibility index (Phi) is 5.05. The Balaban J connectivity index is 2.31. The van der Waals surface area contributed by atoms with E-state index in [2.05, 4.69) is 0 Å². The Morgan fingerprint density at radius 1 is 1.36 bits per heavy atom. The summed E-state index contributed by atoms with van der Waals surface area (Å²) in [7, 11) is 0. The van der Waals surface area contributed by atoms with Crippen molar-refractivity contribution < 1.29 is 4.79 Å². The predicted octanol–water partition coefficient (Wildman–Crippen LogP) is 3.55. The molecule has 0 saturated heterocycles. The van der Waals surface area contributed by atoms with Gasteiger partial charge in [-0.25, -0.2) is 0 Å². The first kappa shape index (κ1) is 11.6. The molecule has 0 N–H and O–H groups in total. The highest BCUT2D eigenvalue weighted by atomic mass is 35.5. The summed E-state index contributed by atoms with van der Waals surface area (Å²) < 4.78 is 0. The molecule has 0 aliphatic rings. The zero-order chi connectivity index (χ0) is 10.4. The lowest BCUT2D eigenvalue weighted by molar-refractivity contribution is -0.116. The third-order valence-corrected chi connectivity index (χ3v) is 3.15. The number of thioether (sulfide) groups is 1. The number of hydrogen-bond acceptors (Lipinski definition) is 2. The molecule has 0 amide bonds. The summed E-state index contributed by atoms with van der Waals surface area (Å²) in [6, 6.07) is 7.73. The summed E-state index contributed by atoms with van der Waals surface area (Å²) >= 11 is 7.41. The zero-order valence-corrected chi connectivity index (χ0v) is 9.70. The van der Waals surface area contributed by atoms with Crippen LogP contribution in [0.4, 0.5) is 0 Å². The van der Waals surface area contributed by atoms with Gasteiger partial charge < -0.3 is 0 Å². The first-order valence-electron chi connectivity index (χ1n) is 4.56. The largest absolute Gasteiger partial charge is 0.299 e. The molecule has 3 heteroatoms. The quantitative estimate of drug-likeness (QED) is 0.767. The predicted molar refractivity (Wildman–Crippen MR) is 62.9 cm³/mol. The van der Waals surface area contributed by atoms with E-state index in [-0.39, 0.29) is 0 Å². The van der Waals surface area contributed by atoms with E-state index in [1.807, 2.05) is 31.2 Å². The second-order valence-corrected chi connectivity index (χ2v) is 4.43. The van der Waals surface area contributed by atoms with E-state index in [0.29, 0.717) is 18.0 Å². The number of carbonyl (C=O) groups excluding carboxylic acids is 1. The average Bonchev–Trinajstić information content (AvgIpc) is 2.21. The van der Waals surface area contributed by atoms with Crippen LogP contribution in [0.1, 0.15) is 18.9 Å². The maximum atomic E-state index is 11.0. The molecule has 0 aliphatic carbocycles. The van der Waals surface area contributed by atoms with Crippen molar-refractivity contribution in [2.75, 3.05) is 5.75 Å². The molecule has 0 fully saturated rings. The maximum Gasteiger partial charge on any atom is 0.142 e. The molecule has 1 rings (SSSR count). The minimum Gasteiger partial charge on any atom is -0.299 e. The van der Waals surface area contributed by atoms with Gasteiger partial charge in [0.05, 0.1) is 5.75 Å². The molecule has 0 radical (unpaired) electrons. The third kappa shape index (κ3) is 4.16. The first-order chi connectivity index (χ1) is 6.72. The summed E-state index contributed by atoms with van der Waals surface area (Å²) in [6.07, 6.45) is 0.633. The summed E-state index contributed by atoms with van der Waals surface area (Å²) in [5.41, 5.74) is 1.21. The number of rotatable bonds is 5. The Morgan fingerprint density at radius 3 is 2.57 bits per heavy atom. The van der Waals surface area contributed by atoms with Crippen molar-refractivity contribution in [2.24, 2.45) is 0 Å². The van der Waals surface area contributed by atoms with Gasteiger partial charge in [0.15, 0.2) is 0 Å². The third-order valence-electron chi connectivity index (χ3n) is 1.84. The number of benzene rings is 1. The topological polar surface area (TPSA) is 17.1 Å². The Labute approximate surface area is 93.8 Å². The van der Waals surface area contributed by atoms with Gasteiger partial charge in [0, 0.05) is 17.2 Å². The lowest BCUT2D eigenvalue weighted by Crippen LogP contribution is -1.98. The van der Waals surface area contributed by atoms with Crippen LogP contribution in [-0.2, 0) is 10.5 Å². The summed E-state index contributed by atoms with van der Waals surface area (Å²) in [4.78, 5) is 11.0. The molecule has 1 aromatic rings. The molecule has 1 nitrogen and oxygen atoms in total. The van der Waals surface area contributed by atoms with E-state index >= 15 is 0 Å². The maximum absolute atomic E-state index is 11.0. The van der Waals surface area contributed by atoms with Crippen LogP contribution in [0.15, 0.2) is 24.3 Å². The number of carbonyl (C=O) groups is 1. The van der Waals surface area contributed by atoms with Crippen LogP contribution in [0.2, 0.25) is 5.02 Å². The fraction of sp³-hybridized carbons (Fsp3) is 0.364. The van der Waals surface area contributed by atoms with Crippen molar-refractivity contribution in [1.82, 2.24) is 0 Å². The summed E-state index contributed by atoms with van der Waals surface area (Å²) in [6.45, 7) is 1.89. The second kappa shape index (κ2) is 6.10. The fourth-order valence-electron chi connectivity index (χ4n) is 0.965. The molecular weight excluding hydrogens is 216 g/mol. The molecule has 0 saturated carbocycles. The van der Waals surface area contributed by atoms with Crippen molar-refractivity contribution in [3.63, 3.8) is 0 Å². The van der Waals surface area contributed by atoms with Crippen LogP contribution in [0.5, 0.6) is 0 Å². The monoisotopic (exact) mass is 228 g/mol. The SMILES string of the molecule is CCC(=O)CSCc1ccc(Cl)cc1. The van der Waals surface area contributed by atoms with Gasteiger partial charge in [-0.15, -0.1) is 11.8 Å². The van der Waals surface area contributed by atoms with E-state index in [1.165, 1.54) is 5.56 Å².